The van der Waals surface area contributed by atoms with Crippen molar-refractivity contribution in [2.24, 2.45) is 0 Å². The van der Waals surface area contributed by atoms with E-state index in [1.165, 1.54) is 23.9 Å². The zero-order chi connectivity index (χ0) is 13.4. The molecule has 1 aromatic rings. The minimum atomic E-state index is -0.258. The molecule has 0 aliphatic rings. The minimum Gasteiger partial charge on any atom is -0.394 e. The molecular weight excluding hydrogens is 253 g/mol. The standard InChI is InChI=1S/C13H18FNO2S/c1-2-11(9-16)15-13(17)7-8-18-12-5-3-10(14)4-6-12/h3-6,11,16H,2,7-9H2,1H3,(H,15,17)/t11-/m0/s1. The summed E-state index contributed by atoms with van der Waals surface area (Å²) >= 11 is 1.51. The van der Waals surface area contributed by atoms with Crippen LogP contribution in [0.4, 0.5) is 4.39 Å². The van der Waals surface area contributed by atoms with E-state index in [0.717, 1.165) is 4.90 Å². The predicted octanol–water partition coefficient (Wildman–Crippen LogP) is 2.20. The lowest BCUT2D eigenvalue weighted by molar-refractivity contribution is -0.121. The maximum Gasteiger partial charge on any atom is 0.221 e. The molecule has 1 atom stereocenters. The van der Waals surface area contributed by atoms with Gasteiger partial charge in [-0.25, -0.2) is 4.39 Å². The van der Waals surface area contributed by atoms with Crippen LogP contribution in [-0.4, -0.2) is 29.4 Å². The minimum absolute atomic E-state index is 0.0344. The number of aliphatic hydroxyl groups is 1. The quantitative estimate of drug-likeness (QED) is 0.747. The second kappa shape index (κ2) is 8.11. The average molecular weight is 271 g/mol. The van der Waals surface area contributed by atoms with E-state index in [9.17, 15) is 9.18 Å². The van der Waals surface area contributed by atoms with Gasteiger partial charge in [0.05, 0.1) is 12.6 Å². The summed E-state index contributed by atoms with van der Waals surface area (Å²) in [6.07, 6.45) is 1.10. The molecule has 0 aromatic heterocycles. The van der Waals surface area contributed by atoms with Crippen molar-refractivity contribution in [1.29, 1.82) is 0 Å². The first kappa shape index (κ1) is 15.0. The maximum absolute atomic E-state index is 12.7. The Morgan fingerprint density at radius 3 is 2.67 bits per heavy atom. The molecule has 0 bridgehead atoms. The molecule has 0 saturated carbocycles. The molecule has 18 heavy (non-hydrogen) atoms. The zero-order valence-corrected chi connectivity index (χ0v) is 11.2. The third-order valence-electron chi connectivity index (χ3n) is 2.49. The van der Waals surface area contributed by atoms with Crippen LogP contribution in [0.1, 0.15) is 19.8 Å². The van der Waals surface area contributed by atoms with Gasteiger partial charge in [-0.15, -0.1) is 11.8 Å². The monoisotopic (exact) mass is 271 g/mol. The second-order valence-corrected chi connectivity index (χ2v) is 5.08. The Hall–Kier alpha value is -1.07. The first-order chi connectivity index (χ1) is 8.65. The smallest absolute Gasteiger partial charge is 0.221 e. The van der Waals surface area contributed by atoms with Gasteiger partial charge in [0.25, 0.3) is 0 Å². The molecule has 0 radical (unpaired) electrons. The topological polar surface area (TPSA) is 49.3 Å². The summed E-state index contributed by atoms with van der Waals surface area (Å²) in [5, 5.41) is 11.7. The number of benzene rings is 1. The highest BCUT2D eigenvalue weighted by Crippen LogP contribution is 2.18. The molecule has 1 rings (SSSR count). The van der Waals surface area contributed by atoms with E-state index in [-0.39, 0.29) is 24.4 Å². The lowest BCUT2D eigenvalue weighted by Gasteiger charge is -2.13. The van der Waals surface area contributed by atoms with Gasteiger partial charge < -0.3 is 10.4 Å². The maximum atomic E-state index is 12.7. The van der Waals surface area contributed by atoms with Crippen LogP contribution in [0.15, 0.2) is 29.2 Å². The van der Waals surface area contributed by atoms with E-state index < -0.39 is 0 Å². The fourth-order valence-electron chi connectivity index (χ4n) is 1.37. The van der Waals surface area contributed by atoms with E-state index in [1.807, 2.05) is 6.92 Å². The second-order valence-electron chi connectivity index (χ2n) is 3.91. The SMILES string of the molecule is CC[C@@H](CO)NC(=O)CCSc1ccc(F)cc1. The van der Waals surface area contributed by atoms with Gasteiger partial charge in [0.1, 0.15) is 5.82 Å². The van der Waals surface area contributed by atoms with Crippen LogP contribution in [0.2, 0.25) is 0 Å². The van der Waals surface area contributed by atoms with Crippen LogP contribution in [0.25, 0.3) is 0 Å². The number of halogens is 1. The number of carbonyl (C=O) groups is 1. The summed E-state index contributed by atoms with van der Waals surface area (Å²) in [7, 11) is 0. The molecule has 0 heterocycles. The Morgan fingerprint density at radius 2 is 2.11 bits per heavy atom. The van der Waals surface area contributed by atoms with Crippen LogP contribution in [-0.2, 0) is 4.79 Å². The van der Waals surface area contributed by atoms with E-state index >= 15 is 0 Å². The molecule has 0 spiro atoms. The number of thioether (sulfide) groups is 1. The molecule has 1 aromatic carbocycles. The molecule has 0 aliphatic heterocycles. The number of hydrogen-bond donors (Lipinski definition) is 2. The third kappa shape index (κ3) is 5.51. The van der Waals surface area contributed by atoms with Gasteiger partial charge in [-0.2, -0.15) is 0 Å². The summed E-state index contributed by atoms with van der Waals surface area (Å²) in [6, 6.07) is 6.04. The summed E-state index contributed by atoms with van der Waals surface area (Å²) in [6.45, 7) is 1.88. The molecular formula is C13H18FNO2S. The zero-order valence-electron chi connectivity index (χ0n) is 10.4. The number of amides is 1. The van der Waals surface area contributed by atoms with E-state index in [0.29, 0.717) is 18.6 Å². The summed E-state index contributed by atoms with van der Waals surface area (Å²) in [5.41, 5.74) is 0. The summed E-state index contributed by atoms with van der Waals surface area (Å²) in [4.78, 5) is 12.5. The Labute approximate surface area is 111 Å². The van der Waals surface area contributed by atoms with Crippen LogP contribution in [0.3, 0.4) is 0 Å². The normalized spacial score (nSPS) is 12.2. The van der Waals surface area contributed by atoms with E-state index in [1.54, 1.807) is 12.1 Å². The van der Waals surface area contributed by atoms with Crippen molar-refractivity contribution in [2.75, 3.05) is 12.4 Å². The first-order valence-electron chi connectivity index (χ1n) is 5.94. The largest absolute Gasteiger partial charge is 0.394 e. The van der Waals surface area contributed by atoms with Crippen molar-refractivity contribution in [3.05, 3.63) is 30.1 Å². The van der Waals surface area contributed by atoms with Gasteiger partial charge in [-0.3, -0.25) is 4.79 Å². The first-order valence-corrected chi connectivity index (χ1v) is 6.92. The number of carbonyl (C=O) groups excluding carboxylic acids is 1. The highest BCUT2D eigenvalue weighted by molar-refractivity contribution is 7.99. The van der Waals surface area contributed by atoms with Crippen LogP contribution in [0.5, 0.6) is 0 Å². The fourth-order valence-corrected chi connectivity index (χ4v) is 2.22. The Morgan fingerprint density at radius 1 is 1.44 bits per heavy atom. The molecule has 5 heteroatoms. The van der Waals surface area contributed by atoms with Gasteiger partial charge in [0, 0.05) is 17.1 Å². The van der Waals surface area contributed by atoms with Gasteiger partial charge in [0.2, 0.25) is 5.91 Å². The highest BCUT2D eigenvalue weighted by atomic mass is 32.2. The van der Waals surface area contributed by atoms with Crippen molar-refractivity contribution in [1.82, 2.24) is 5.32 Å². The highest BCUT2D eigenvalue weighted by Gasteiger charge is 2.08. The Bertz CT molecular complexity index is 366. The van der Waals surface area contributed by atoms with Crippen molar-refractivity contribution < 1.29 is 14.3 Å². The average Bonchev–Trinajstić information content (AvgIpc) is 2.38. The number of rotatable bonds is 7. The van der Waals surface area contributed by atoms with Crippen molar-refractivity contribution >= 4 is 17.7 Å². The van der Waals surface area contributed by atoms with Gasteiger partial charge in [0.15, 0.2) is 0 Å². The predicted molar refractivity (Wildman–Crippen MR) is 71.0 cm³/mol. The lowest BCUT2D eigenvalue weighted by Crippen LogP contribution is -2.37. The fraction of sp³-hybridized carbons (Fsp3) is 0.462. The Balaban J connectivity index is 2.25. The van der Waals surface area contributed by atoms with Crippen molar-refractivity contribution in [3.63, 3.8) is 0 Å². The molecule has 100 valence electrons. The number of aliphatic hydroxyl groups excluding tert-OH is 1. The molecule has 0 fully saturated rings. The van der Waals surface area contributed by atoms with Gasteiger partial charge in [-0.1, -0.05) is 6.92 Å². The summed E-state index contributed by atoms with van der Waals surface area (Å²) < 4.78 is 12.7. The third-order valence-corrected chi connectivity index (χ3v) is 3.50. The van der Waals surface area contributed by atoms with Gasteiger partial charge >= 0.3 is 0 Å². The molecule has 1 amide bonds. The van der Waals surface area contributed by atoms with Gasteiger partial charge in [-0.05, 0) is 30.7 Å². The Kier molecular flexibility index (Phi) is 6.75. The molecule has 0 unspecified atom stereocenters. The number of nitrogens with one attached hydrogen (secondary N) is 1. The van der Waals surface area contributed by atoms with Crippen LogP contribution >= 0.6 is 11.8 Å². The van der Waals surface area contributed by atoms with Crippen molar-refractivity contribution in [2.45, 2.75) is 30.7 Å². The number of hydrogen-bond acceptors (Lipinski definition) is 3. The molecule has 3 nitrogen and oxygen atoms in total. The van der Waals surface area contributed by atoms with Crippen molar-refractivity contribution in [3.8, 4) is 0 Å². The summed E-state index contributed by atoms with van der Waals surface area (Å²) in [5.74, 6) is 0.315. The molecule has 0 saturated heterocycles. The molecule has 0 aliphatic carbocycles. The van der Waals surface area contributed by atoms with Crippen LogP contribution < -0.4 is 5.32 Å². The van der Waals surface area contributed by atoms with E-state index in [4.69, 9.17) is 5.11 Å². The lowest BCUT2D eigenvalue weighted by atomic mass is 10.2. The molecule has 2 N–H and O–H groups in total. The van der Waals surface area contributed by atoms with E-state index in [2.05, 4.69) is 5.32 Å². The van der Waals surface area contributed by atoms with Crippen LogP contribution in [0, 0.1) is 5.82 Å².